The fourth-order valence-corrected chi connectivity index (χ4v) is 2.05. The molecule has 1 aromatic heterocycles. The van der Waals surface area contributed by atoms with Crippen molar-refractivity contribution in [2.75, 3.05) is 18.4 Å². The van der Waals surface area contributed by atoms with Crippen LogP contribution in [0.1, 0.15) is 6.42 Å². The molecule has 1 aliphatic heterocycles. The quantitative estimate of drug-likeness (QED) is 0.825. The summed E-state index contributed by atoms with van der Waals surface area (Å²) in [5.74, 6) is 0. The highest BCUT2D eigenvalue weighted by Gasteiger charge is 2.13. The number of nitrogens with one attached hydrogen (secondary N) is 2. The van der Waals surface area contributed by atoms with Gasteiger partial charge in [-0.2, -0.15) is 15.0 Å². The van der Waals surface area contributed by atoms with Gasteiger partial charge in [0.05, 0.1) is 18.1 Å². The van der Waals surface area contributed by atoms with Crippen molar-refractivity contribution in [3.63, 3.8) is 0 Å². The molecule has 1 unspecified atom stereocenters. The van der Waals surface area contributed by atoms with E-state index in [4.69, 9.17) is 0 Å². The summed E-state index contributed by atoms with van der Waals surface area (Å²) in [6, 6.07) is 8.72. The molecule has 5 nitrogen and oxygen atoms in total. The van der Waals surface area contributed by atoms with Gasteiger partial charge < -0.3 is 10.6 Å². The van der Waals surface area contributed by atoms with Crippen molar-refractivity contribution in [1.29, 1.82) is 0 Å². The Morgan fingerprint density at radius 2 is 1.94 bits per heavy atom. The number of rotatable bonds is 3. The van der Waals surface area contributed by atoms with Crippen molar-refractivity contribution in [3.8, 4) is 5.69 Å². The van der Waals surface area contributed by atoms with E-state index in [0.29, 0.717) is 6.04 Å². The molecule has 3 rings (SSSR count). The number of benzene rings is 1. The minimum atomic E-state index is 0.545. The molecule has 88 valence electrons. The van der Waals surface area contributed by atoms with Gasteiger partial charge in [-0.15, -0.1) is 0 Å². The Morgan fingerprint density at radius 3 is 2.59 bits per heavy atom. The summed E-state index contributed by atoms with van der Waals surface area (Å²) in [5, 5.41) is 15.0. The van der Waals surface area contributed by atoms with Gasteiger partial charge in [0.2, 0.25) is 0 Å². The molecule has 0 radical (unpaired) electrons. The largest absolute Gasteiger partial charge is 0.381 e. The van der Waals surface area contributed by atoms with E-state index in [1.807, 2.05) is 12.1 Å². The van der Waals surface area contributed by atoms with Crippen LogP contribution < -0.4 is 10.6 Å². The first-order valence-electron chi connectivity index (χ1n) is 5.86. The van der Waals surface area contributed by atoms with Gasteiger partial charge in [0.1, 0.15) is 0 Å². The van der Waals surface area contributed by atoms with Gasteiger partial charge in [-0.1, -0.05) is 0 Å². The van der Waals surface area contributed by atoms with Crippen LogP contribution in [0.25, 0.3) is 5.69 Å². The molecule has 0 saturated carbocycles. The first kappa shape index (κ1) is 10.3. The Labute approximate surface area is 99.8 Å². The van der Waals surface area contributed by atoms with Crippen molar-refractivity contribution in [2.45, 2.75) is 12.5 Å². The monoisotopic (exact) mass is 229 g/mol. The molecule has 0 spiro atoms. The molecule has 1 aliphatic rings. The van der Waals surface area contributed by atoms with Crippen molar-refractivity contribution in [2.24, 2.45) is 0 Å². The molecule has 2 heterocycles. The van der Waals surface area contributed by atoms with E-state index >= 15 is 0 Å². The summed E-state index contributed by atoms with van der Waals surface area (Å²) in [7, 11) is 0. The summed E-state index contributed by atoms with van der Waals surface area (Å²) in [6.45, 7) is 2.15. The average Bonchev–Trinajstić information content (AvgIpc) is 3.01. The van der Waals surface area contributed by atoms with E-state index in [9.17, 15) is 0 Å². The van der Waals surface area contributed by atoms with Crippen molar-refractivity contribution in [3.05, 3.63) is 36.7 Å². The number of anilines is 1. The van der Waals surface area contributed by atoms with Crippen LogP contribution in [-0.4, -0.2) is 34.1 Å². The molecular weight excluding hydrogens is 214 g/mol. The van der Waals surface area contributed by atoms with Gasteiger partial charge in [0, 0.05) is 18.3 Å². The van der Waals surface area contributed by atoms with Gasteiger partial charge in [-0.25, -0.2) is 0 Å². The van der Waals surface area contributed by atoms with Crippen molar-refractivity contribution in [1.82, 2.24) is 20.3 Å². The average molecular weight is 229 g/mol. The second-order valence-corrected chi connectivity index (χ2v) is 4.20. The number of nitrogens with zero attached hydrogens (tertiary/aromatic N) is 3. The van der Waals surface area contributed by atoms with Crippen LogP contribution in [-0.2, 0) is 0 Å². The van der Waals surface area contributed by atoms with Crippen LogP contribution in [0.4, 0.5) is 5.69 Å². The van der Waals surface area contributed by atoms with Gasteiger partial charge in [-0.3, -0.25) is 0 Å². The molecule has 1 saturated heterocycles. The molecule has 5 heteroatoms. The first-order chi connectivity index (χ1) is 8.42. The van der Waals surface area contributed by atoms with E-state index in [0.717, 1.165) is 24.5 Å². The summed E-state index contributed by atoms with van der Waals surface area (Å²) >= 11 is 0. The Bertz CT molecular complexity index is 456. The molecule has 1 aromatic carbocycles. The third kappa shape index (κ3) is 2.29. The second kappa shape index (κ2) is 4.55. The Morgan fingerprint density at radius 1 is 1.18 bits per heavy atom. The Hall–Kier alpha value is -1.88. The minimum Gasteiger partial charge on any atom is -0.381 e. The van der Waals surface area contributed by atoms with Gasteiger partial charge in [0.25, 0.3) is 0 Å². The van der Waals surface area contributed by atoms with Crippen molar-refractivity contribution < 1.29 is 0 Å². The SMILES string of the molecule is c1cnn(-c2ccc(NC3CCNC3)cc2)n1. The fourth-order valence-electron chi connectivity index (χ4n) is 2.05. The maximum absolute atomic E-state index is 4.09. The molecular formula is C12H15N5. The predicted molar refractivity (Wildman–Crippen MR) is 66.3 cm³/mol. The molecule has 2 aromatic rings. The summed E-state index contributed by atoms with van der Waals surface area (Å²) in [5.41, 5.74) is 2.12. The van der Waals surface area contributed by atoms with E-state index in [1.165, 1.54) is 6.42 Å². The Kier molecular flexibility index (Phi) is 2.75. The normalized spacial score (nSPS) is 19.4. The van der Waals surface area contributed by atoms with Crippen LogP contribution in [0.2, 0.25) is 0 Å². The summed E-state index contributed by atoms with van der Waals surface area (Å²) in [4.78, 5) is 1.61. The fraction of sp³-hybridized carbons (Fsp3) is 0.333. The van der Waals surface area contributed by atoms with E-state index in [1.54, 1.807) is 17.2 Å². The zero-order chi connectivity index (χ0) is 11.5. The van der Waals surface area contributed by atoms with Crippen LogP contribution in [0, 0.1) is 0 Å². The number of hydrogen-bond acceptors (Lipinski definition) is 4. The molecule has 2 N–H and O–H groups in total. The smallest absolute Gasteiger partial charge is 0.0858 e. The number of hydrogen-bond donors (Lipinski definition) is 2. The van der Waals surface area contributed by atoms with Crippen molar-refractivity contribution >= 4 is 5.69 Å². The molecule has 0 aliphatic carbocycles. The lowest BCUT2D eigenvalue weighted by molar-refractivity contribution is 0.751. The van der Waals surface area contributed by atoms with E-state index in [-0.39, 0.29) is 0 Å². The van der Waals surface area contributed by atoms with Gasteiger partial charge in [-0.05, 0) is 37.2 Å². The third-order valence-corrected chi connectivity index (χ3v) is 2.95. The molecule has 17 heavy (non-hydrogen) atoms. The topological polar surface area (TPSA) is 54.8 Å². The highest BCUT2D eigenvalue weighted by molar-refractivity contribution is 5.48. The Balaban J connectivity index is 1.71. The predicted octanol–water partition coefficient (Wildman–Crippen LogP) is 1.04. The maximum atomic E-state index is 4.09. The summed E-state index contributed by atoms with van der Waals surface area (Å²) < 4.78 is 0. The van der Waals surface area contributed by atoms with E-state index < -0.39 is 0 Å². The van der Waals surface area contributed by atoms with Gasteiger partial charge in [0.15, 0.2) is 0 Å². The van der Waals surface area contributed by atoms with Crippen LogP contribution in [0.15, 0.2) is 36.7 Å². The maximum Gasteiger partial charge on any atom is 0.0858 e. The lowest BCUT2D eigenvalue weighted by Crippen LogP contribution is -2.21. The number of aromatic nitrogens is 3. The molecule has 1 atom stereocenters. The zero-order valence-electron chi connectivity index (χ0n) is 9.50. The minimum absolute atomic E-state index is 0.545. The highest BCUT2D eigenvalue weighted by atomic mass is 15.5. The second-order valence-electron chi connectivity index (χ2n) is 4.20. The molecule has 0 bridgehead atoms. The van der Waals surface area contributed by atoms with Crippen LogP contribution in [0.5, 0.6) is 0 Å². The third-order valence-electron chi connectivity index (χ3n) is 2.95. The molecule has 1 fully saturated rings. The lowest BCUT2D eigenvalue weighted by Gasteiger charge is -2.12. The summed E-state index contributed by atoms with van der Waals surface area (Å²) in [6.07, 6.45) is 4.54. The lowest BCUT2D eigenvalue weighted by atomic mass is 10.2. The van der Waals surface area contributed by atoms with Crippen LogP contribution in [0.3, 0.4) is 0 Å². The van der Waals surface area contributed by atoms with Gasteiger partial charge >= 0.3 is 0 Å². The van der Waals surface area contributed by atoms with Crippen LogP contribution >= 0.6 is 0 Å². The highest BCUT2D eigenvalue weighted by Crippen LogP contribution is 2.14. The first-order valence-corrected chi connectivity index (χ1v) is 5.86. The zero-order valence-corrected chi connectivity index (χ0v) is 9.50. The standard InChI is InChI=1S/C12H15N5/c1-3-12(17-14-7-8-15-17)4-2-10(1)16-11-5-6-13-9-11/h1-4,7-8,11,13,16H,5-6,9H2. The van der Waals surface area contributed by atoms with E-state index in [2.05, 4.69) is 33.0 Å². The molecule has 0 amide bonds.